The Morgan fingerprint density at radius 1 is 1.17 bits per heavy atom. The molecule has 0 aromatic rings. The van der Waals surface area contributed by atoms with Gasteiger partial charge in [-0.1, -0.05) is 0 Å². The first-order chi connectivity index (χ1) is 5.68. The minimum absolute atomic E-state index is 0.777. The predicted molar refractivity (Wildman–Crippen MR) is 58.9 cm³/mol. The van der Waals surface area contributed by atoms with Crippen LogP contribution in [0.2, 0.25) is 12.6 Å². The quantitative estimate of drug-likeness (QED) is 0.472. The summed E-state index contributed by atoms with van der Waals surface area (Å²) in [6.07, 6.45) is 2.33. The van der Waals surface area contributed by atoms with Gasteiger partial charge in [-0.3, -0.25) is 0 Å². The molecule has 0 aliphatic carbocycles. The number of rotatable bonds is 7. The Balaban J connectivity index is 3.80. The lowest BCUT2D eigenvalue weighted by Crippen LogP contribution is -2.38. The zero-order valence-corrected chi connectivity index (χ0v) is 10.6. The van der Waals surface area contributed by atoms with Crippen LogP contribution in [0.3, 0.4) is 0 Å². The van der Waals surface area contributed by atoms with Crippen LogP contribution < -0.4 is 0 Å². The van der Waals surface area contributed by atoms with Crippen LogP contribution in [-0.4, -0.2) is 27.9 Å². The number of hydrogen-bond donors (Lipinski definition) is 0. The highest BCUT2D eigenvalue weighted by Crippen LogP contribution is 2.16. The molecule has 4 heteroatoms. The monoisotopic (exact) mass is 208 g/mol. The van der Waals surface area contributed by atoms with Crippen molar-refractivity contribution in [1.29, 1.82) is 0 Å². The first-order valence-electron chi connectivity index (χ1n) is 4.66. The Morgan fingerprint density at radius 2 is 1.67 bits per heavy atom. The molecular weight excluding hydrogens is 187 g/mol. The summed E-state index contributed by atoms with van der Waals surface area (Å²) in [7, 11) is 0.957. The first-order valence-corrected chi connectivity index (χ1v) is 8.00. The van der Waals surface area contributed by atoms with Gasteiger partial charge in [0.2, 0.25) is 0 Å². The topological polar surface area (TPSA) is 18.5 Å². The second kappa shape index (κ2) is 7.02. The summed E-state index contributed by atoms with van der Waals surface area (Å²) in [4.78, 5) is 0. The molecule has 0 bridgehead atoms. The lowest BCUT2D eigenvalue weighted by atomic mass is 10.6. The highest BCUT2D eigenvalue weighted by Gasteiger charge is 2.29. The van der Waals surface area contributed by atoms with E-state index in [0.717, 1.165) is 25.4 Å². The van der Waals surface area contributed by atoms with E-state index in [-0.39, 0.29) is 0 Å². The zero-order chi connectivity index (χ0) is 9.45. The highest BCUT2D eigenvalue weighted by atomic mass is 31.0. The zero-order valence-electron chi connectivity index (χ0n) is 8.43. The second-order valence-corrected chi connectivity index (χ2v) is 6.81. The number of hydrogen-bond acceptors (Lipinski definition) is 2. The van der Waals surface area contributed by atoms with Crippen LogP contribution in [0.25, 0.3) is 0 Å². The lowest BCUT2D eigenvalue weighted by Gasteiger charge is -2.25. The maximum atomic E-state index is 5.68. The Labute approximate surface area is 79.5 Å². The van der Waals surface area contributed by atoms with Gasteiger partial charge in [0.05, 0.1) is 0 Å². The molecular formula is C8H21O2PSi. The minimum atomic E-state index is -1.78. The third-order valence-corrected chi connectivity index (χ3v) is 5.20. The van der Waals surface area contributed by atoms with Crippen LogP contribution >= 0.6 is 9.24 Å². The van der Waals surface area contributed by atoms with Gasteiger partial charge in [0, 0.05) is 13.2 Å². The van der Waals surface area contributed by atoms with E-state index in [2.05, 4.69) is 15.8 Å². The molecule has 0 aromatic carbocycles. The standard InChI is InChI=1S/C8H21O2PSi/c1-4-9-12(3,10-5-2)8-6-7-11/h4-8,11H2,1-3H3. The molecule has 1 unspecified atom stereocenters. The van der Waals surface area contributed by atoms with Crippen LogP contribution in [-0.2, 0) is 8.85 Å². The van der Waals surface area contributed by atoms with E-state index < -0.39 is 8.56 Å². The first kappa shape index (κ1) is 12.6. The molecule has 0 rings (SSSR count). The predicted octanol–water partition coefficient (Wildman–Crippen LogP) is 2.40. The molecule has 0 radical (unpaired) electrons. The van der Waals surface area contributed by atoms with E-state index in [1.54, 1.807) is 0 Å². The fourth-order valence-electron chi connectivity index (χ4n) is 1.22. The van der Waals surface area contributed by atoms with E-state index >= 15 is 0 Å². The largest absolute Gasteiger partial charge is 0.395 e. The van der Waals surface area contributed by atoms with Crippen molar-refractivity contribution < 1.29 is 8.85 Å². The van der Waals surface area contributed by atoms with Gasteiger partial charge in [0.1, 0.15) is 0 Å². The fourth-order valence-corrected chi connectivity index (χ4v) is 4.27. The van der Waals surface area contributed by atoms with E-state index in [1.807, 2.05) is 13.8 Å². The molecule has 2 nitrogen and oxygen atoms in total. The van der Waals surface area contributed by atoms with Crippen LogP contribution in [0, 0.1) is 0 Å². The molecule has 0 amide bonds. The molecule has 0 spiro atoms. The fraction of sp³-hybridized carbons (Fsp3) is 1.00. The summed E-state index contributed by atoms with van der Waals surface area (Å²) in [6, 6.07) is 1.11. The van der Waals surface area contributed by atoms with Crippen molar-refractivity contribution in [3.63, 3.8) is 0 Å². The van der Waals surface area contributed by atoms with Gasteiger partial charge in [0.25, 0.3) is 0 Å². The van der Waals surface area contributed by atoms with Crippen molar-refractivity contribution in [2.75, 3.05) is 19.4 Å². The SMILES string of the molecule is CCO[Si](C)(CCCP)OCC. The van der Waals surface area contributed by atoms with Gasteiger partial charge in [-0.15, -0.1) is 9.24 Å². The highest BCUT2D eigenvalue weighted by molar-refractivity contribution is 7.16. The molecule has 12 heavy (non-hydrogen) atoms. The maximum Gasteiger partial charge on any atom is 0.334 e. The van der Waals surface area contributed by atoms with Crippen LogP contribution in [0.1, 0.15) is 20.3 Å². The summed E-state index contributed by atoms with van der Waals surface area (Å²) < 4.78 is 11.4. The van der Waals surface area contributed by atoms with Gasteiger partial charge in [0.15, 0.2) is 0 Å². The van der Waals surface area contributed by atoms with Crippen molar-refractivity contribution in [3.05, 3.63) is 0 Å². The molecule has 74 valence electrons. The molecule has 0 fully saturated rings. The Morgan fingerprint density at radius 3 is 2.00 bits per heavy atom. The summed E-state index contributed by atoms with van der Waals surface area (Å²) in [5.41, 5.74) is 0. The second-order valence-electron chi connectivity index (χ2n) is 2.89. The maximum absolute atomic E-state index is 5.68. The van der Waals surface area contributed by atoms with Crippen molar-refractivity contribution in [2.24, 2.45) is 0 Å². The summed E-state index contributed by atoms with van der Waals surface area (Å²) >= 11 is 0. The van der Waals surface area contributed by atoms with E-state index in [1.165, 1.54) is 6.42 Å². The van der Waals surface area contributed by atoms with Crippen molar-refractivity contribution in [2.45, 2.75) is 32.9 Å². The third-order valence-electron chi connectivity index (χ3n) is 1.73. The summed E-state index contributed by atoms with van der Waals surface area (Å²) in [5, 5.41) is 0. The average molecular weight is 208 g/mol. The van der Waals surface area contributed by atoms with Crippen LogP contribution in [0.4, 0.5) is 0 Å². The van der Waals surface area contributed by atoms with Gasteiger partial charge in [-0.2, -0.15) is 0 Å². The molecule has 1 atom stereocenters. The van der Waals surface area contributed by atoms with Gasteiger partial charge in [-0.05, 0) is 39.0 Å². The minimum Gasteiger partial charge on any atom is -0.395 e. The Kier molecular flexibility index (Phi) is 7.35. The average Bonchev–Trinajstić information content (AvgIpc) is 2.02. The van der Waals surface area contributed by atoms with Crippen molar-refractivity contribution in [3.8, 4) is 0 Å². The third kappa shape index (κ3) is 5.25. The van der Waals surface area contributed by atoms with E-state index in [9.17, 15) is 0 Å². The molecule has 0 saturated carbocycles. The molecule has 0 aliphatic heterocycles. The van der Waals surface area contributed by atoms with Gasteiger partial charge < -0.3 is 8.85 Å². The van der Waals surface area contributed by atoms with E-state index in [0.29, 0.717) is 0 Å². The molecule has 0 aromatic heterocycles. The van der Waals surface area contributed by atoms with Crippen molar-refractivity contribution in [1.82, 2.24) is 0 Å². The smallest absolute Gasteiger partial charge is 0.334 e. The molecule has 0 N–H and O–H groups in total. The van der Waals surface area contributed by atoms with Crippen molar-refractivity contribution >= 4 is 17.8 Å². The molecule has 0 heterocycles. The summed E-state index contributed by atoms with van der Waals surface area (Å²) in [6.45, 7) is 7.77. The Hall–Kier alpha value is 0.567. The molecule has 0 saturated heterocycles. The molecule has 0 aliphatic rings. The normalized spacial score (nSPS) is 12.0. The van der Waals surface area contributed by atoms with Crippen LogP contribution in [0.15, 0.2) is 0 Å². The van der Waals surface area contributed by atoms with Crippen LogP contribution in [0.5, 0.6) is 0 Å². The summed E-state index contributed by atoms with van der Waals surface area (Å²) in [5.74, 6) is 0. The van der Waals surface area contributed by atoms with Gasteiger partial charge >= 0.3 is 8.56 Å². The van der Waals surface area contributed by atoms with Gasteiger partial charge in [-0.25, -0.2) is 0 Å². The Bertz CT molecular complexity index is 105. The lowest BCUT2D eigenvalue weighted by molar-refractivity contribution is 0.189. The van der Waals surface area contributed by atoms with E-state index in [4.69, 9.17) is 8.85 Å².